The molecule has 8 heteroatoms. The van der Waals surface area contributed by atoms with Crippen molar-refractivity contribution in [3.8, 4) is 5.75 Å². The number of rotatable bonds is 5. The number of ether oxygens (including phenoxy) is 1. The largest absolute Gasteiger partial charge is 0.495 e. The lowest BCUT2D eigenvalue weighted by Gasteiger charge is -2.31. The fraction of sp³-hybridized carbons (Fsp3) is 0.316. The molecule has 0 bridgehead atoms. The lowest BCUT2D eigenvalue weighted by molar-refractivity contribution is -0.120. The predicted molar refractivity (Wildman–Crippen MR) is 105 cm³/mol. The van der Waals surface area contributed by atoms with Crippen LogP contribution in [0, 0.1) is 5.92 Å². The minimum atomic E-state index is -3.74. The van der Waals surface area contributed by atoms with Gasteiger partial charge in [-0.15, -0.1) is 0 Å². The van der Waals surface area contributed by atoms with Crippen LogP contribution in [0.25, 0.3) is 0 Å². The van der Waals surface area contributed by atoms with Crippen LogP contribution >= 0.6 is 11.6 Å². The van der Waals surface area contributed by atoms with E-state index >= 15 is 0 Å². The van der Waals surface area contributed by atoms with Gasteiger partial charge in [-0.3, -0.25) is 4.79 Å². The number of para-hydroxylation sites is 1. The van der Waals surface area contributed by atoms with E-state index in [0.29, 0.717) is 17.9 Å². The molecule has 0 aromatic heterocycles. The van der Waals surface area contributed by atoms with Crippen molar-refractivity contribution >= 4 is 33.2 Å². The van der Waals surface area contributed by atoms with Gasteiger partial charge in [0, 0.05) is 29.7 Å². The van der Waals surface area contributed by atoms with Gasteiger partial charge < -0.3 is 10.1 Å². The Kier molecular flexibility index (Phi) is 6.04. The normalized spacial score (nSPS) is 16.1. The maximum absolute atomic E-state index is 13.0. The Morgan fingerprint density at radius 3 is 2.44 bits per heavy atom. The van der Waals surface area contributed by atoms with Gasteiger partial charge in [-0.1, -0.05) is 29.8 Å². The van der Waals surface area contributed by atoms with Crippen molar-refractivity contribution in [2.24, 2.45) is 5.92 Å². The molecule has 0 atom stereocenters. The van der Waals surface area contributed by atoms with Gasteiger partial charge in [0.2, 0.25) is 15.9 Å². The van der Waals surface area contributed by atoms with Crippen LogP contribution in [-0.2, 0) is 14.8 Å². The van der Waals surface area contributed by atoms with Crippen molar-refractivity contribution in [3.63, 3.8) is 0 Å². The Bertz CT molecular complexity index is 911. The predicted octanol–water partition coefficient (Wildman–Crippen LogP) is 3.39. The van der Waals surface area contributed by atoms with E-state index in [4.69, 9.17) is 16.3 Å². The molecule has 1 aliphatic rings. The number of piperidine rings is 1. The van der Waals surface area contributed by atoms with Crippen LogP contribution < -0.4 is 10.1 Å². The minimum absolute atomic E-state index is 0.0460. The van der Waals surface area contributed by atoms with Crippen LogP contribution in [0.4, 0.5) is 5.69 Å². The molecule has 1 N–H and O–H groups in total. The molecular formula is C19H21ClN2O4S. The fourth-order valence-corrected chi connectivity index (χ4v) is 5.00. The van der Waals surface area contributed by atoms with E-state index in [1.807, 2.05) is 30.3 Å². The summed E-state index contributed by atoms with van der Waals surface area (Å²) in [6.07, 6.45) is 0.918. The molecule has 27 heavy (non-hydrogen) atoms. The summed E-state index contributed by atoms with van der Waals surface area (Å²) < 4.78 is 32.5. The topological polar surface area (TPSA) is 75.7 Å². The molecule has 2 aromatic rings. The first-order valence-corrected chi connectivity index (χ1v) is 10.4. The van der Waals surface area contributed by atoms with Crippen LogP contribution in [0.5, 0.6) is 5.75 Å². The summed E-state index contributed by atoms with van der Waals surface area (Å²) in [4.78, 5) is 12.5. The highest BCUT2D eigenvalue weighted by atomic mass is 35.5. The van der Waals surface area contributed by atoms with Crippen molar-refractivity contribution in [1.82, 2.24) is 4.31 Å². The molecule has 1 fully saturated rings. The lowest BCUT2D eigenvalue weighted by atomic mass is 9.97. The number of hydrogen-bond donors (Lipinski definition) is 1. The van der Waals surface area contributed by atoms with Gasteiger partial charge >= 0.3 is 0 Å². The highest BCUT2D eigenvalue weighted by Crippen LogP contribution is 2.32. The summed E-state index contributed by atoms with van der Waals surface area (Å²) in [5, 5.41) is 3.20. The number of nitrogens with zero attached hydrogens (tertiary/aromatic N) is 1. The number of carbonyl (C=O) groups is 1. The third-order valence-corrected chi connectivity index (χ3v) is 6.76. The number of amides is 1. The first-order valence-electron chi connectivity index (χ1n) is 8.61. The molecule has 0 radical (unpaired) electrons. The number of nitrogens with one attached hydrogen (secondary N) is 1. The van der Waals surface area contributed by atoms with Gasteiger partial charge in [-0.2, -0.15) is 4.31 Å². The first-order chi connectivity index (χ1) is 12.9. The monoisotopic (exact) mass is 408 g/mol. The van der Waals surface area contributed by atoms with E-state index in [9.17, 15) is 13.2 Å². The Morgan fingerprint density at radius 2 is 1.81 bits per heavy atom. The van der Waals surface area contributed by atoms with E-state index in [-0.39, 0.29) is 35.6 Å². The zero-order valence-corrected chi connectivity index (χ0v) is 16.5. The van der Waals surface area contributed by atoms with E-state index in [0.717, 1.165) is 5.69 Å². The highest BCUT2D eigenvalue weighted by molar-refractivity contribution is 7.89. The summed E-state index contributed by atoms with van der Waals surface area (Å²) in [5.41, 5.74) is 0.737. The molecule has 0 spiro atoms. The minimum Gasteiger partial charge on any atom is -0.495 e. The molecular weight excluding hydrogens is 388 g/mol. The van der Waals surface area contributed by atoms with E-state index in [1.54, 1.807) is 6.07 Å². The molecule has 1 saturated heterocycles. The second-order valence-electron chi connectivity index (χ2n) is 6.33. The number of anilines is 1. The molecule has 1 heterocycles. The number of methoxy groups -OCH3 is 1. The number of sulfonamides is 1. The van der Waals surface area contributed by atoms with E-state index < -0.39 is 10.0 Å². The van der Waals surface area contributed by atoms with Crippen LogP contribution in [0.3, 0.4) is 0 Å². The number of carbonyl (C=O) groups excluding carboxylic acids is 1. The Hall–Kier alpha value is -2.09. The van der Waals surface area contributed by atoms with Gasteiger partial charge in [0.25, 0.3) is 0 Å². The summed E-state index contributed by atoms with van der Waals surface area (Å²) in [6, 6.07) is 13.7. The number of hydrogen-bond acceptors (Lipinski definition) is 4. The summed E-state index contributed by atoms with van der Waals surface area (Å²) in [6.45, 7) is 0.537. The average Bonchev–Trinajstić information content (AvgIpc) is 2.69. The van der Waals surface area contributed by atoms with Gasteiger partial charge in [-0.25, -0.2) is 8.42 Å². The van der Waals surface area contributed by atoms with Crippen LogP contribution in [0.15, 0.2) is 53.4 Å². The smallest absolute Gasteiger partial charge is 0.246 e. The van der Waals surface area contributed by atoms with Crippen molar-refractivity contribution in [2.45, 2.75) is 17.7 Å². The number of halogens is 1. The Balaban J connectivity index is 1.68. The highest BCUT2D eigenvalue weighted by Gasteiger charge is 2.33. The van der Waals surface area contributed by atoms with Crippen molar-refractivity contribution in [3.05, 3.63) is 53.6 Å². The van der Waals surface area contributed by atoms with Gasteiger partial charge in [-0.05, 0) is 43.2 Å². The van der Waals surface area contributed by atoms with Crippen molar-refractivity contribution in [2.75, 3.05) is 25.5 Å². The van der Waals surface area contributed by atoms with Gasteiger partial charge in [0.15, 0.2) is 0 Å². The number of benzene rings is 2. The molecule has 0 aliphatic carbocycles. The molecule has 0 unspecified atom stereocenters. The third-order valence-electron chi connectivity index (χ3n) is 4.61. The first kappa shape index (κ1) is 19.7. The zero-order chi connectivity index (χ0) is 19.4. The van der Waals surface area contributed by atoms with Crippen molar-refractivity contribution in [1.29, 1.82) is 0 Å². The molecule has 1 aliphatic heterocycles. The summed E-state index contributed by atoms with van der Waals surface area (Å²) in [7, 11) is -2.32. The molecule has 1 amide bonds. The van der Waals surface area contributed by atoms with Gasteiger partial charge in [0.05, 0.1) is 7.11 Å². The van der Waals surface area contributed by atoms with E-state index in [1.165, 1.54) is 23.5 Å². The second-order valence-corrected chi connectivity index (χ2v) is 8.67. The molecule has 3 rings (SSSR count). The van der Waals surface area contributed by atoms with Crippen LogP contribution in [-0.4, -0.2) is 38.8 Å². The molecule has 144 valence electrons. The van der Waals surface area contributed by atoms with E-state index in [2.05, 4.69) is 5.32 Å². The summed E-state index contributed by atoms with van der Waals surface area (Å²) >= 11 is 5.97. The Morgan fingerprint density at radius 1 is 1.15 bits per heavy atom. The fourth-order valence-electron chi connectivity index (χ4n) is 3.12. The average molecular weight is 409 g/mol. The molecule has 0 saturated carbocycles. The quantitative estimate of drug-likeness (QED) is 0.822. The molecule has 6 nitrogen and oxygen atoms in total. The summed E-state index contributed by atoms with van der Waals surface area (Å²) in [5.74, 6) is -0.0557. The van der Waals surface area contributed by atoms with Crippen LogP contribution in [0.2, 0.25) is 5.02 Å². The molecule has 2 aromatic carbocycles. The third kappa shape index (κ3) is 4.43. The SMILES string of the molecule is COc1ccc(Cl)cc1S(=O)(=O)N1CCC(C(=O)Nc2ccccc2)CC1. The van der Waals surface area contributed by atoms with Crippen LogP contribution in [0.1, 0.15) is 12.8 Å². The maximum Gasteiger partial charge on any atom is 0.246 e. The van der Waals surface area contributed by atoms with Crippen molar-refractivity contribution < 1.29 is 17.9 Å². The van der Waals surface area contributed by atoms with Gasteiger partial charge in [0.1, 0.15) is 10.6 Å². The second kappa shape index (κ2) is 8.29. The standard InChI is InChI=1S/C19H21ClN2O4S/c1-26-17-8-7-15(20)13-18(17)27(24,25)22-11-9-14(10-12-22)19(23)21-16-5-3-2-4-6-16/h2-8,13-14H,9-12H2,1H3,(H,21,23). The lowest BCUT2D eigenvalue weighted by Crippen LogP contribution is -2.41. The zero-order valence-electron chi connectivity index (χ0n) is 14.9. The Labute approximate surface area is 164 Å². The maximum atomic E-state index is 13.0.